The number of nitrogens with zero attached hydrogens (tertiary/aromatic N) is 3. The first kappa shape index (κ1) is 18.3. The lowest BCUT2D eigenvalue weighted by atomic mass is 10.1. The van der Waals surface area contributed by atoms with E-state index in [-0.39, 0.29) is 24.4 Å². The molecular formula is C18H21F2N3O3. The maximum absolute atomic E-state index is 12.9. The molecule has 26 heavy (non-hydrogen) atoms. The van der Waals surface area contributed by atoms with Crippen LogP contribution in [0.5, 0.6) is 5.75 Å². The van der Waals surface area contributed by atoms with Crippen LogP contribution in [-0.4, -0.2) is 46.7 Å². The van der Waals surface area contributed by atoms with Crippen LogP contribution in [0.15, 0.2) is 36.7 Å². The van der Waals surface area contributed by atoms with E-state index in [9.17, 15) is 13.6 Å². The zero-order valence-corrected chi connectivity index (χ0v) is 14.5. The van der Waals surface area contributed by atoms with Gasteiger partial charge in [-0.05, 0) is 25.0 Å². The second-order valence-corrected chi connectivity index (χ2v) is 6.13. The molecule has 0 radical (unpaired) electrons. The minimum absolute atomic E-state index is 0.0315. The van der Waals surface area contributed by atoms with Crippen molar-refractivity contribution < 1.29 is 23.0 Å². The molecule has 1 aromatic heterocycles. The average molecular weight is 365 g/mol. The molecule has 1 fully saturated rings. The Hall–Kier alpha value is -2.48. The third-order valence-electron chi connectivity index (χ3n) is 4.25. The van der Waals surface area contributed by atoms with Crippen LogP contribution in [0.2, 0.25) is 0 Å². The van der Waals surface area contributed by atoms with Crippen LogP contribution in [0.25, 0.3) is 0 Å². The van der Waals surface area contributed by atoms with E-state index in [0.29, 0.717) is 17.9 Å². The molecule has 1 aliphatic heterocycles. The van der Waals surface area contributed by atoms with E-state index in [1.54, 1.807) is 31.3 Å². The fourth-order valence-corrected chi connectivity index (χ4v) is 2.86. The number of hydrogen-bond donors (Lipinski definition) is 0. The highest BCUT2D eigenvalue weighted by Gasteiger charge is 2.21. The van der Waals surface area contributed by atoms with Crippen molar-refractivity contribution >= 4 is 5.91 Å². The molecule has 8 heteroatoms. The molecule has 1 aliphatic rings. The molecule has 1 atom stereocenters. The maximum atomic E-state index is 12.9. The maximum Gasteiger partial charge on any atom is 0.319 e. The molecule has 140 valence electrons. The summed E-state index contributed by atoms with van der Waals surface area (Å²) < 4.78 is 37.9. The largest absolute Gasteiger partial charge is 0.490 e. The number of carbonyl (C=O) groups excluding carboxylic acids is 1. The molecule has 0 spiro atoms. The molecule has 0 bridgehead atoms. The molecule has 3 rings (SSSR count). The Morgan fingerprint density at radius 1 is 1.46 bits per heavy atom. The number of ether oxygens (including phenoxy) is 2. The van der Waals surface area contributed by atoms with Crippen LogP contribution < -0.4 is 4.74 Å². The number of rotatable bonds is 7. The Balaban J connectivity index is 1.69. The van der Waals surface area contributed by atoms with Crippen LogP contribution in [0.1, 0.15) is 35.6 Å². The summed E-state index contributed by atoms with van der Waals surface area (Å²) in [5, 5.41) is 0. The van der Waals surface area contributed by atoms with Crippen molar-refractivity contribution in [2.24, 2.45) is 0 Å². The number of aromatic nitrogens is 2. The molecule has 6 nitrogen and oxygen atoms in total. The van der Waals surface area contributed by atoms with Crippen molar-refractivity contribution in [3.8, 4) is 5.75 Å². The van der Waals surface area contributed by atoms with E-state index in [4.69, 9.17) is 9.47 Å². The van der Waals surface area contributed by atoms with Gasteiger partial charge in [-0.3, -0.25) is 9.36 Å². The summed E-state index contributed by atoms with van der Waals surface area (Å²) in [4.78, 5) is 18.0. The first-order valence-electron chi connectivity index (χ1n) is 8.45. The third-order valence-corrected chi connectivity index (χ3v) is 4.25. The van der Waals surface area contributed by atoms with Crippen molar-refractivity contribution in [3.63, 3.8) is 0 Å². The first-order valence-corrected chi connectivity index (χ1v) is 8.45. The van der Waals surface area contributed by atoms with Gasteiger partial charge in [0.15, 0.2) is 0 Å². The Morgan fingerprint density at radius 2 is 2.27 bits per heavy atom. The topological polar surface area (TPSA) is 56.6 Å². The van der Waals surface area contributed by atoms with E-state index in [1.165, 1.54) is 17.3 Å². The predicted octanol–water partition coefficient (Wildman–Crippen LogP) is 3.11. The molecule has 0 saturated carbocycles. The van der Waals surface area contributed by atoms with Gasteiger partial charge in [0.05, 0.1) is 18.2 Å². The molecule has 1 aromatic carbocycles. The van der Waals surface area contributed by atoms with Gasteiger partial charge in [-0.25, -0.2) is 4.98 Å². The summed E-state index contributed by atoms with van der Waals surface area (Å²) in [7, 11) is 1.55. The third kappa shape index (κ3) is 4.19. The minimum Gasteiger partial charge on any atom is -0.490 e. The van der Waals surface area contributed by atoms with Gasteiger partial charge in [0.1, 0.15) is 18.2 Å². The van der Waals surface area contributed by atoms with E-state index in [1.807, 2.05) is 0 Å². The molecule has 1 amide bonds. The van der Waals surface area contributed by atoms with Crippen LogP contribution in [-0.2, 0) is 11.3 Å². The summed E-state index contributed by atoms with van der Waals surface area (Å²) >= 11 is 0. The van der Waals surface area contributed by atoms with Crippen molar-refractivity contribution in [3.05, 3.63) is 48.0 Å². The van der Waals surface area contributed by atoms with Crippen LogP contribution in [0.4, 0.5) is 8.78 Å². The van der Waals surface area contributed by atoms with Crippen molar-refractivity contribution in [2.45, 2.75) is 32.0 Å². The zero-order chi connectivity index (χ0) is 18.5. The van der Waals surface area contributed by atoms with Crippen molar-refractivity contribution in [1.82, 2.24) is 14.5 Å². The van der Waals surface area contributed by atoms with E-state index in [2.05, 4.69) is 4.98 Å². The first-order chi connectivity index (χ1) is 12.6. The molecule has 2 heterocycles. The molecule has 0 N–H and O–H groups in total. The number of alkyl halides is 2. The van der Waals surface area contributed by atoms with Gasteiger partial charge in [-0.1, -0.05) is 12.1 Å². The SMILES string of the molecule is CN(Cc1nccn1C(F)F)C(=O)c1ccccc1OCC1CCCO1. The summed E-state index contributed by atoms with van der Waals surface area (Å²) in [6.07, 6.45) is 4.46. The highest BCUT2D eigenvalue weighted by Crippen LogP contribution is 2.22. The predicted molar refractivity (Wildman–Crippen MR) is 90.2 cm³/mol. The fourth-order valence-electron chi connectivity index (χ4n) is 2.86. The van der Waals surface area contributed by atoms with Crippen LogP contribution in [0.3, 0.4) is 0 Å². The number of hydrogen-bond acceptors (Lipinski definition) is 4. The second kappa shape index (κ2) is 8.27. The lowest BCUT2D eigenvalue weighted by molar-refractivity contribution is 0.0602. The number of carbonyl (C=O) groups is 1. The molecular weight excluding hydrogens is 344 g/mol. The van der Waals surface area contributed by atoms with Gasteiger partial charge >= 0.3 is 6.55 Å². The number of halogens is 2. The van der Waals surface area contributed by atoms with Crippen LogP contribution in [0, 0.1) is 0 Å². The van der Waals surface area contributed by atoms with E-state index >= 15 is 0 Å². The Bertz CT molecular complexity index is 745. The number of para-hydroxylation sites is 1. The lowest BCUT2D eigenvalue weighted by Gasteiger charge is -2.20. The monoisotopic (exact) mass is 365 g/mol. The summed E-state index contributed by atoms with van der Waals surface area (Å²) in [5.41, 5.74) is 0.378. The lowest BCUT2D eigenvalue weighted by Crippen LogP contribution is -2.28. The Labute approximate surface area is 150 Å². The number of amides is 1. The molecule has 2 aromatic rings. The minimum atomic E-state index is -2.70. The van der Waals surface area contributed by atoms with Gasteiger partial charge in [0, 0.05) is 26.0 Å². The Morgan fingerprint density at radius 3 is 3.00 bits per heavy atom. The van der Waals surface area contributed by atoms with Crippen LogP contribution >= 0.6 is 0 Å². The highest BCUT2D eigenvalue weighted by atomic mass is 19.3. The summed E-state index contributed by atoms with van der Waals surface area (Å²) in [6, 6.07) is 6.89. The standard InChI is InChI=1S/C18H21F2N3O3/c1-22(11-16-21-8-9-23(16)18(19)20)17(24)14-6-2-3-7-15(14)26-12-13-5-4-10-25-13/h2-3,6-9,13,18H,4-5,10-12H2,1H3. The normalized spacial score (nSPS) is 16.8. The quantitative estimate of drug-likeness (QED) is 0.757. The summed E-state index contributed by atoms with van der Waals surface area (Å²) in [6.45, 7) is -1.62. The average Bonchev–Trinajstić information content (AvgIpc) is 3.31. The van der Waals surface area contributed by atoms with E-state index < -0.39 is 6.55 Å². The fraction of sp³-hybridized carbons (Fsp3) is 0.444. The van der Waals surface area contributed by atoms with Gasteiger partial charge in [-0.2, -0.15) is 8.78 Å². The van der Waals surface area contributed by atoms with Crippen molar-refractivity contribution in [1.29, 1.82) is 0 Å². The Kier molecular flexibility index (Phi) is 5.82. The van der Waals surface area contributed by atoms with Gasteiger partial charge in [0.2, 0.25) is 0 Å². The molecule has 1 unspecified atom stereocenters. The summed E-state index contributed by atoms with van der Waals surface area (Å²) in [5.74, 6) is 0.252. The van der Waals surface area contributed by atoms with Gasteiger partial charge in [0.25, 0.3) is 5.91 Å². The zero-order valence-electron chi connectivity index (χ0n) is 14.5. The molecule has 1 saturated heterocycles. The second-order valence-electron chi connectivity index (χ2n) is 6.13. The van der Waals surface area contributed by atoms with Crippen molar-refractivity contribution in [2.75, 3.05) is 20.3 Å². The number of imidazole rings is 1. The van der Waals surface area contributed by atoms with E-state index in [0.717, 1.165) is 24.0 Å². The van der Waals surface area contributed by atoms with Gasteiger partial charge in [-0.15, -0.1) is 0 Å². The smallest absolute Gasteiger partial charge is 0.319 e. The number of benzene rings is 1. The van der Waals surface area contributed by atoms with Gasteiger partial charge < -0.3 is 14.4 Å². The highest BCUT2D eigenvalue weighted by molar-refractivity contribution is 5.96. The molecule has 0 aliphatic carbocycles.